The van der Waals surface area contributed by atoms with Crippen LogP contribution in [-0.4, -0.2) is 27.2 Å². The molecule has 0 bridgehead atoms. The van der Waals surface area contributed by atoms with Crippen LogP contribution in [0, 0.1) is 6.92 Å². The summed E-state index contributed by atoms with van der Waals surface area (Å²) in [5.74, 6) is -0.281. The highest BCUT2D eigenvalue weighted by Gasteiger charge is 2.24. The van der Waals surface area contributed by atoms with E-state index in [1.54, 1.807) is 43.3 Å². The van der Waals surface area contributed by atoms with Gasteiger partial charge in [-0.05, 0) is 56.2 Å². The Balaban J connectivity index is 2.07. The number of oxime groups is 1. The first-order chi connectivity index (χ1) is 14.2. The van der Waals surface area contributed by atoms with Gasteiger partial charge >= 0.3 is 16.1 Å². The zero-order valence-electron chi connectivity index (χ0n) is 16.8. The Morgan fingerprint density at radius 1 is 1.17 bits per heavy atom. The Labute approximate surface area is 175 Å². The molecule has 0 fully saturated rings. The molecule has 0 aliphatic carbocycles. The molecule has 0 amide bonds. The van der Waals surface area contributed by atoms with Crippen molar-refractivity contribution in [3.63, 3.8) is 0 Å². The van der Waals surface area contributed by atoms with E-state index < -0.39 is 16.1 Å². The van der Waals surface area contributed by atoms with E-state index in [-0.39, 0.29) is 16.4 Å². The van der Waals surface area contributed by atoms with Gasteiger partial charge in [-0.1, -0.05) is 28.9 Å². The summed E-state index contributed by atoms with van der Waals surface area (Å²) >= 11 is 0. The predicted octanol–water partition coefficient (Wildman–Crippen LogP) is 3.82. The second-order valence-electron chi connectivity index (χ2n) is 6.67. The second kappa shape index (κ2) is 8.54. The molecule has 8 heteroatoms. The van der Waals surface area contributed by atoms with Crippen molar-refractivity contribution in [3.05, 3.63) is 71.3 Å². The monoisotopic (exact) mass is 427 g/mol. The number of carbonyl (C=O) groups is 1. The molecule has 1 aliphatic rings. The van der Waals surface area contributed by atoms with E-state index in [0.717, 1.165) is 5.56 Å². The van der Waals surface area contributed by atoms with Crippen LogP contribution in [0.2, 0.25) is 0 Å². The van der Waals surface area contributed by atoms with E-state index in [1.807, 2.05) is 6.92 Å². The van der Waals surface area contributed by atoms with Crippen molar-refractivity contribution in [2.45, 2.75) is 25.2 Å². The third-order valence-electron chi connectivity index (χ3n) is 4.43. The summed E-state index contributed by atoms with van der Waals surface area (Å²) in [5.41, 5.74) is 2.83. The molecular formula is C22H21NO6S. The van der Waals surface area contributed by atoms with Gasteiger partial charge in [0.15, 0.2) is 11.5 Å². The average molecular weight is 427 g/mol. The number of ether oxygens (including phenoxy) is 1. The summed E-state index contributed by atoms with van der Waals surface area (Å²) in [4.78, 5) is 16.5. The number of hydrogen-bond donors (Lipinski definition) is 0. The lowest BCUT2D eigenvalue weighted by Crippen LogP contribution is -2.12. The largest absolute Gasteiger partial charge is 0.493 e. The van der Waals surface area contributed by atoms with Crippen LogP contribution < -0.4 is 8.92 Å². The Bertz CT molecular complexity index is 1160. The molecule has 3 rings (SSSR count). The van der Waals surface area contributed by atoms with Crippen LogP contribution in [0.4, 0.5) is 0 Å². The van der Waals surface area contributed by atoms with Crippen LogP contribution in [0.5, 0.6) is 11.5 Å². The van der Waals surface area contributed by atoms with Crippen molar-refractivity contribution in [2.24, 2.45) is 5.16 Å². The molecular weight excluding hydrogens is 406 g/mol. The molecule has 0 radical (unpaired) electrons. The normalized spacial score (nSPS) is 15.0. The third-order valence-corrected chi connectivity index (χ3v) is 5.66. The van der Waals surface area contributed by atoms with Crippen molar-refractivity contribution < 1.29 is 27.0 Å². The summed E-state index contributed by atoms with van der Waals surface area (Å²) in [7, 11) is -2.67. The Hall–Kier alpha value is -3.39. The SMILES string of the molecule is C=CCc1cc(/C=C2\C(=O)ON=C2C)cc(OC)c1OS(=O)(=O)c1ccc(C)cc1. The molecule has 0 atom stereocenters. The lowest BCUT2D eigenvalue weighted by molar-refractivity contribution is -0.136. The minimum absolute atomic E-state index is 0.0337. The number of allylic oxidation sites excluding steroid dienone is 1. The predicted molar refractivity (Wildman–Crippen MR) is 113 cm³/mol. The van der Waals surface area contributed by atoms with Crippen LogP contribution in [-0.2, 0) is 26.2 Å². The van der Waals surface area contributed by atoms with E-state index in [2.05, 4.69) is 16.6 Å². The van der Waals surface area contributed by atoms with E-state index >= 15 is 0 Å². The molecule has 0 unspecified atom stereocenters. The van der Waals surface area contributed by atoms with Gasteiger partial charge in [0.1, 0.15) is 4.90 Å². The lowest BCUT2D eigenvalue weighted by atomic mass is 10.0. The Morgan fingerprint density at radius 2 is 1.87 bits per heavy atom. The molecule has 0 aromatic heterocycles. The van der Waals surface area contributed by atoms with E-state index in [4.69, 9.17) is 8.92 Å². The van der Waals surface area contributed by atoms with Gasteiger partial charge in [0, 0.05) is 5.56 Å². The van der Waals surface area contributed by atoms with E-state index in [0.29, 0.717) is 28.8 Å². The fourth-order valence-corrected chi connectivity index (χ4v) is 3.84. The number of benzene rings is 2. The van der Waals surface area contributed by atoms with Crippen molar-refractivity contribution in [1.29, 1.82) is 0 Å². The maximum atomic E-state index is 12.8. The van der Waals surface area contributed by atoms with Crippen LogP contribution in [0.15, 0.2) is 64.7 Å². The van der Waals surface area contributed by atoms with Crippen molar-refractivity contribution in [1.82, 2.24) is 0 Å². The quantitative estimate of drug-likeness (QED) is 0.289. The molecule has 0 saturated carbocycles. The van der Waals surface area contributed by atoms with Gasteiger partial charge in [0.2, 0.25) is 0 Å². The fourth-order valence-electron chi connectivity index (χ4n) is 2.87. The van der Waals surface area contributed by atoms with Gasteiger partial charge in [-0.25, -0.2) is 4.79 Å². The van der Waals surface area contributed by atoms with Crippen molar-refractivity contribution >= 4 is 27.9 Å². The summed E-state index contributed by atoms with van der Waals surface area (Å²) in [5, 5.41) is 3.65. The molecule has 1 aliphatic heterocycles. The van der Waals surface area contributed by atoms with Crippen LogP contribution in [0.25, 0.3) is 6.08 Å². The Kier molecular flexibility index (Phi) is 6.07. The molecule has 0 N–H and O–H groups in total. The molecule has 30 heavy (non-hydrogen) atoms. The maximum absolute atomic E-state index is 12.8. The van der Waals surface area contributed by atoms with Crippen molar-refractivity contribution in [3.8, 4) is 11.5 Å². The summed E-state index contributed by atoms with van der Waals surface area (Å²) in [6.07, 6.45) is 3.54. The first-order valence-electron chi connectivity index (χ1n) is 9.06. The van der Waals surface area contributed by atoms with Crippen molar-refractivity contribution in [2.75, 3.05) is 7.11 Å². The smallest absolute Gasteiger partial charge is 0.367 e. The molecule has 2 aromatic carbocycles. The first-order valence-corrected chi connectivity index (χ1v) is 10.5. The average Bonchev–Trinajstić information content (AvgIpc) is 3.02. The minimum atomic E-state index is -4.08. The van der Waals surface area contributed by atoms with E-state index in [9.17, 15) is 13.2 Å². The van der Waals surface area contributed by atoms with Gasteiger partial charge in [-0.2, -0.15) is 8.42 Å². The summed E-state index contributed by atoms with van der Waals surface area (Å²) < 4.78 is 36.4. The highest BCUT2D eigenvalue weighted by molar-refractivity contribution is 7.87. The second-order valence-corrected chi connectivity index (χ2v) is 8.21. The molecule has 1 heterocycles. The van der Waals surface area contributed by atoms with Gasteiger partial charge in [-0.3, -0.25) is 0 Å². The summed E-state index contributed by atoms with van der Waals surface area (Å²) in [6, 6.07) is 9.64. The lowest BCUT2D eigenvalue weighted by Gasteiger charge is -2.16. The molecule has 0 spiro atoms. The standard InChI is InChI=1S/C22H21NO6S/c1-5-6-17-11-16(12-19-15(3)23-28-22(19)24)13-20(27-4)21(17)29-30(25,26)18-9-7-14(2)8-10-18/h5,7-13H,1,6H2,2-4H3/b19-12-. The summed E-state index contributed by atoms with van der Waals surface area (Å²) in [6.45, 7) is 7.24. The van der Waals surface area contributed by atoms with Crippen LogP contribution in [0.3, 0.4) is 0 Å². The zero-order valence-corrected chi connectivity index (χ0v) is 17.7. The highest BCUT2D eigenvalue weighted by atomic mass is 32.2. The van der Waals surface area contributed by atoms with Gasteiger partial charge < -0.3 is 13.8 Å². The number of rotatable bonds is 7. The van der Waals surface area contributed by atoms with Gasteiger partial charge in [0.25, 0.3) is 0 Å². The van der Waals surface area contributed by atoms with Gasteiger partial charge in [-0.15, -0.1) is 6.58 Å². The van der Waals surface area contributed by atoms with E-state index in [1.165, 1.54) is 19.2 Å². The highest BCUT2D eigenvalue weighted by Crippen LogP contribution is 2.36. The van der Waals surface area contributed by atoms with Crippen LogP contribution in [0.1, 0.15) is 23.6 Å². The molecule has 2 aromatic rings. The fraction of sp³-hybridized carbons (Fsp3) is 0.182. The number of aryl methyl sites for hydroxylation is 1. The first kappa shape index (κ1) is 21.3. The van der Waals surface area contributed by atoms with Crippen LogP contribution >= 0.6 is 0 Å². The van der Waals surface area contributed by atoms with Gasteiger partial charge in [0.05, 0.1) is 18.4 Å². The number of carbonyl (C=O) groups excluding carboxylic acids is 1. The maximum Gasteiger partial charge on any atom is 0.367 e. The number of methoxy groups -OCH3 is 1. The zero-order chi connectivity index (χ0) is 21.9. The number of hydrogen-bond acceptors (Lipinski definition) is 7. The third kappa shape index (κ3) is 4.44. The minimum Gasteiger partial charge on any atom is -0.493 e. The number of nitrogens with zero attached hydrogens (tertiary/aromatic N) is 1. The molecule has 0 saturated heterocycles. The molecule has 156 valence electrons. The Morgan fingerprint density at radius 3 is 2.43 bits per heavy atom. The topological polar surface area (TPSA) is 91.3 Å². The molecule has 7 nitrogen and oxygen atoms in total.